The molecule has 0 aliphatic heterocycles. The maximum Gasteiger partial charge on any atom is 0.329 e. The van der Waals surface area contributed by atoms with Crippen LogP contribution in [0.2, 0.25) is 0 Å². The number of Topliss-reactive ketones (excluding diaryl/α,β-unsaturated/α-hetero) is 1. The second-order valence-electron chi connectivity index (χ2n) is 8.34. The molecule has 1 aliphatic rings. The number of nitrogens with zero attached hydrogens (tertiary/aromatic N) is 6. The van der Waals surface area contributed by atoms with Gasteiger partial charge in [-0.15, -0.1) is 10.2 Å². The molecule has 0 radical (unpaired) electrons. The molecule has 1 unspecified atom stereocenters. The molecule has 1 aromatic carbocycles. The highest BCUT2D eigenvalue weighted by molar-refractivity contribution is 5.88. The predicted octanol–water partition coefficient (Wildman–Crippen LogP) is 3.19. The van der Waals surface area contributed by atoms with Gasteiger partial charge < -0.3 is 0 Å². The lowest BCUT2D eigenvalue weighted by Crippen LogP contribution is -2.36. The van der Waals surface area contributed by atoms with Gasteiger partial charge in [0.1, 0.15) is 0 Å². The number of ketones is 1. The second kappa shape index (κ2) is 8.93. The van der Waals surface area contributed by atoms with Crippen LogP contribution in [-0.2, 0) is 17.8 Å². The molecule has 3 heterocycles. The Kier molecular flexibility index (Phi) is 5.68. The summed E-state index contributed by atoms with van der Waals surface area (Å²) in [5, 5.41) is 14.3. The van der Waals surface area contributed by atoms with E-state index in [0.717, 1.165) is 53.8 Å². The number of hydrogen-bond donors (Lipinski definition) is 1. The van der Waals surface area contributed by atoms with Gasteiger partial charge in [-0.2, -0.15) is 5.21 Å². The molecule has 1 aliphatic carbocycles. The SMILES string of the molecule is CCCCc1cn(C2CCC2=O)c(=O)n1Cc1ccc(-c2ccccc2-c2nn[nH]n2)cn1. The smallest absolute Gasteiger partial charge is 0.297 e. The molecule has 1 atom stereocenters. The zero-order chi connectivity index (χ0) is 22.8. The molecular weight excluding hydrogens is 418 g/mol. The van der Waals surface area contributed by atoms with Crippen LogP contribution < -0.4 is 5.69 Å². The van der Waals surface area contributed by atoms with Crippen LogP contribution in [0.1, 0.15) is 50.0 Å². The third-order valence-corrected chi connectivity index (χ3v) is 6.21. The van der Waals surface area contributed by atoms with Crippen molar-refractivity contribution >= 4 is 5.78 Å². The number of tetrazole rings is 1. The minimum atomic E-state index is -0.309. The molecule has 1 N–H and O–H groups in total. The van der Waals surface area contributed by atoms with Crippen molar-refractivity contribution in [1.82, 2.24) is 34.7 Å². The monoisotopic (exact) mass is 443 g/mol. The van der Waals surface area contributed by atoms with Gasteiger partial charge in [0.2, 0.25) is 5.82 Å². The molecule has 0 bridgehead atoms. The summed E-state index contributed by atoms with van der Waals surface area (Å²) < 4.78 is 3.38. The van der Waals surface area contributed by atoms with Crippen molar-refractivity contribution in [3.63, 3.8) is 0 Å². The van der Waals surface area contributed by atoms with Gasteiger partial charge in [-0.05, 0) is 36.1 Å². The molecule has 0 spiro atoms. The molecule has 9 heteroatoms. The summed E-state index contributed by atoms with van der Waals surface area (Å²) in [4.78, 5) is 29.7. The van der Waals surface area contributed by atoms with Crippen molar-refractivity contribution in [1.29, 1.82) is 0 Å². The standard InChI is InChI=1S/C24H25N7O2/c1-2-3-6-18-15-31(21-11-12-22(21)32)24(33)30(18)14-17-10-9-16(13-25-17)19-7-4-5-8-20(19)23-26-28-29-27-23/h4-5,7-10,13,15,21H,2-3,6,11-12,14H2,1H3,(H,26,27,28,29). The van der Waals surface area contributed by atoms with E-state index >= 15 is 0 Å². The Balaban J connectivity index is 1.44. The number of H-pyrrole nitrogens is 1. The van der Waals surface area contributed by atoms with E-state index in [-0.39, 0.29) is 17.5 Å². The summed E-state index contributed by atoms with van der Waals surface area (Å²) in [6, 6.07) is 11.4. The zero-order valence-electron chi connectivity index (χ0n) is 18.4. The van der Waals surface area contributed by atoms with Crippen LogP contribution in [0.25, 0.3) is 22.5 Å². The van der Waals surface area contributed by atoms with E-state index in [4.69, 9.17) is 0 Å². The first kappa shape index (κ1) is 21.0. The summed E-state index contributed by atoms with van der Waals surface area (Å²) >= 11 is 0. The fourth-order valence-electron chi connectivity index (χ4n) is 4.23. The molecule has 168 valence electrons. The van der Waals surface area contributed by atoms with Crippen molar-refractivity contribution in [2.24, 2.45) is 0 Å². The van der Waals surface area contributed by atoms with Gasteiger partial charge in [0.15, 0.2) is 5.78 Å². The van der Waals surface area contributed by atoms with Crippen molar-refractivity contribution in [3.05, 3.63) is 70.7 Å². The lowest BCUT2D eigenvalue weighted by atomic mass is 9.91. The van der Waals surface area contributed by atoms with Gasteiger partial charge in [-0.25, -0.2) is 4.79 Å². The topological polar surface area (TPSA) is 111 Å². The van der Waals surface area contributed by atoms with Crippen LogP contribution >= 0.6 is 0 Å². The number of pyridine rings is 1. The number of hydrogen-bond acceptors (Lipinski definition) is 6. The molecule has 3 aromatic heterocycles. The van der Waals surface area contributed by atoms with E-state index in [9.17, 15) is 9.59 Å². The van der Waals surface area contributed by atoms with Crippen LogP contribution in [0.4, 0.5) is 0 Å². The van der Waals surface area contributed by atoms with Gasteiger partial charge in [0.25, 0.3) is 0 Å². The lowest BCUT2D eigenvalue weighted by Gasteiger charge is -2.24. The quantitative estimate of drug-likeness (QED) is 0.448. The summed E-state index contributed by atoms with van der Waals surface area (Å²) in [6.45, 7) is 2.50. The third-order valence-electron chi connectivity index (χ3n) is 6.21. The maximum atomic E-state index is 13.1. The number of carbonyl (C=O) groups is 1. The van der Waals surface area contributed by atoms with E-state index in [1.807, 2.05) is 42.6 Å². The average Bonchev–Trinajstić information content (AvgIpc) is 3.47. The highest BCUT2D eigenvalue weighted by Crippen LogP contribution is 2.29. The Labute approximate surface area is 190 Å². The van der Waals surface area contributed by atoms with E-state index < -0.39 is 0 Å². The normalized spacial score (nSPS) is 15.5. The number of nitrogens with one attached hydrogen (secondary N) is 1. The van der Waals surface area contributed by atoms with Gasteiger partial charge in [-0.3, -0.25) is 18.9 Å². The summed E-state index contributed by atoms with van der Waals surface area (Å²) in [6.07, 6.45) is 7.79. The first-order valence-corrected chi connectivity index (χ1v) is 11.3. The number of unbranched alkanes of at least 4 members (excludes halogenated alkanes) is 1. The Morgan fingerprint density at radius 1 is 1.12 bits per heavy atom. The highest BCUT2D eigenvalue weighted by atomic mass is 16.2. The Hall–Kier alpha value is -3.88. The molecule has 4 aromatic rings. The number of rotatable bonds is 8. The molecular formula is C24H25N7O2. The average molecular weight is 444 g/mol. The van der Waals surface area contributed by atoms with Crippen LogP contribution in [0.3, 0.4) is 0 Å². The van der Waals surface area contributed by atoms with E-state index in [1.54, 1.807) is 15.3 Å². The van der Waals surface area contributed by atoms with Crippen LogP contribution in [0.15, 0.2) is 53.6 Å². The first-order valence-electron chi connectivity index (χ1n) is 11.3. The third kappa shape index (κ3) is 4.02. The largest absolute Gasteiger partial charge is 0.329 e. The molecule has 1 saturated carbocycles. The fourth-order valence-corrected chi connectivity index (χ4v) is 4.23. The highest BCUT2D eigenvalue weighted by Gasteiger charge is 2.32. The van der Waals surface area contributed by atoms with Crippen LogP contribution in [-0.4, -0.2) is 40.5 Å². The number of imidazole rings is 1. The first-order chi connectivity index (χ1) is 16.2. The van der Waals surface area contributed by atoms with E-state index in [1.165, 1.54) is 0 Å². The van der Waals surface area contributed by atoms with E-state index in [2.05, 4.69) is 32.5 Å². The van der Waals surface area contributed by atoms with Gasteiger partial charge in [0.05, 0.1) is 18.3 Å². The number of carbonyl (C=O) groups excluding carboxylic acids is 1. The zero-order valence-corrected chi connectivity index (χ0v) is 18.4. The van der Waals surface area contributed by atoms with Gasteiger partial charge in [-0.1, -0.05) is 43.7 Å². The lowest BCUT2D eigenvalue weighted by molar-refractivity contribution is -0.128. The van der Waals surface area contributed by atoms with E-state index in [0.29, 0.717) is 18.8 Å². The van der Waals surface area contributed by atoms with Crippen LogP contribution in [0.5, 0.6) is 0 Å². The van der Waals surface area contributed by atoms with Crippen LogP contribution in [0, 0.1) is 0 Å². The minimum Gasteiger partial charge on any atom is -0.297 e. The molecule has 0 amide bonds. The Morgan fingerprint density at radius 3 is 2.61 bits per heavy atom. The number of aromatic amines is 1. The minimum absolute atomic E-state index is 0.132. The maximum absolute atomic E-state index is 13.1. The molecule has 5 rings (SSSR count). The summed E-state index contributed by atoms with van der Waals surface area (Å²) in [5.74, 6) is 0.660. The molecule has 33 heavy (non-hydrogen) atoms. The van der Waals surface area contributed by atoms with Gasteiger partial charge in [0, 0.05) is 35.6 Å². The van der Waals surface area contributed by atoms with Crippen molar-refractivity contribution in [2.45, 2.75) is 51.6 Å². The predicted molar refractivity (Wildman–Crippen MR) is 123 cm³/mol. The summed E-state index contributed by atoms with van der Waals surface area (Å²) in [7, 11) is 0. The van der Waals surface area contributed by atoms with Gasteiger partial charge >= 0.3 is 5.69 Å². The summed E-state index contributed by atoms with van der Waals surface area (Å²) in [5.41, 5.74) is 4.35. The Morgan fingerprint density at radius 2 is 1.97 bits per heavy atom. The Bertz CT molecular complexity index is 1320. The second-order valence-corrected chi connectivity index (χ2v) is 8.34. The number of benzene rings is 1. The molecule has 1 fully saturated rings. The van der Waals surface area contributed by atoms with Crippen molar-refractivity contribution in [3.8, 4) is 22.5 Å². The van der Waals surface area contributed by atoms with Crippen molar-refractivity contribution < 1.29 is 4.79 Å². The number of aromatic nitrogens is 7. The van der Waals surface area contributed by atoms with Crippen molar-refractivity contribution in [2.75, 3.05) is 0 Å². The fraction of sp³-hybridized carbons (Fsp3) is 0.333. The molecule has 9 nitrogen and oxygen atoms in total. The molecule has 0 saturated heterocycles. The number of aryl methyl sites for hydroxylation is 1.